The van der Waals surface area contributed by atoms with Crippen molar-refractivity contribution >= 4 is 11.8 Å². The zero-order valence-electron chi connectivity index (χ0n) is 13.9. The van der Waals surface area contributed by atoms with Crippen LogP contribution in [-0.2, 0) is 16.0 Å². The molecule has 126 valence electrons. The summed E-state index contributed by atoms with van der Waals surface area (Å²) in [5.74, 6) is 0.507. The van der Waals surface area contributed by atoms with Gasteiger partial charge in [-0.25, -0.2) is 0 Å². The molecule has 0 unspecified atom stereocenters. The van der Waals surface area contributed by atoms with Gasteiger partial charge in [-0.2, -0.15) is 0 Å². The summed E-state index contributed by atoms with van der Waals surface area (Å²) < 4.78 is 5.17. The quantitative estimate of drug-likeness (QED) is 0.777. The summed E-state index contributed by atoms with van der Waals surface area (Å²) in [6, 6.07) is 7.75. The number of piperazine rings is 1. The summed E-state index contributed by atoms with van der Waals surface area (Å²) in [6.45, 7) is 3.65. The van der Waals surface area contributed by atoms with Gasteiger partial charge < -0.3 is 19.9 Å². The Balaban J connectivity index is 1.69. The van der Waals surface area contributed by atoms with E-state index in [1.54, 1.807) is 12.0 Å². The van der Waals surface area contributed by atoms with Crippen molar-refractivity contribution in [2.75, 3.05) is 46.9 Å². The van der Waals surface area contributed by atoms with Crippen molar-refractivity contribution in [3.8, 4) is 5.75 Å². The first-order chi connectivity index (χ1) is 11.1. The Hall–Kier alpha value is -2.08. The standard InChI is InChI=1S/C17H25N3O3/c1-19-8-10-20(11-9-19)17(22)13-16(21)18-7-6-14-4-3-5-15(12-14)23-2/h3-5,12H,6-11,13H2,1-2H3,(H,18,21). The van der Waals surface area contributed by atoms with Crippen LogP contribution in [0.25, 0.3) is 0 Å². The van der Waals surface area contributed by atoms with Crippen LogP contribution in [0.1, 0.15) is 12.0 Å². The highest BCUT2D eigenvalue weighted by atomic mass is 16.5. The fraction of sp³-hybridized carbons (Fsp3) is 0.529. The van der Waals surface area contributed by atoms with Crippen LogP contribution in [0.15, 0.2) is 24.3 Å². The summed E-state index contributed by atoms with van der Waals surface area (Å²) in [6.07, 6.45) is 0.646. The van der Waals surface area contributed by atoms with Crippen molar-refractivity contribution in [1.82, 2.24) is 15.1 Å². The number of ether oxygens (including phenoxy) is 1. The van der Waals surface area contributed by atoms with Gasteiger partial charge in [-0.3, -0.25) is 9.59 Å². The number of amides is 2. The number of nitrogens with one attached hydrogen (secondary N) is 1. The second-order valence-electron chi connectivity index (χ2n) is 5.81. The SMILES string of the molecule is COc1cccc(CCNC(=O)CC(=O)N2CCN(C)CC2)c1. The molecule has 0 radical (unpaired) electrons. The fourth-order valence-electron chi connectivity index (χ4n) is 2.54. The van der Waals surface area contributed by atoms with Crippen molar-refractivity contribution in [1.29, 1.82) is 0 Å². The number of carbonyl (C=O) groups excluding carboxylic acids is 2. The molecule has 1 aromatic carbocycles. The highest BCUT2D eigenvalue weighted by Gasteiger charge is 2.20. The molecule has 1 aliphatic heterocycles. The Bertz CT molecular complexity index is 540. The lowest BCUT2D eigenvalue weighted by atomic mass is 10.1. The van der Waals surface area contributed by atoms with E-state index in [9.17, 15) is 9.59 Å². The van der Waals surface area contributed by atoms with Crippen molar-refractivity contribution < 1.29 is 14.3 Å². The minimum absolute atomic E-state index is 0.0676. The van der Waals surface area contributed by atoms with Gasteiger partial charge in [0.2, 0.25) is 11.8 Å². The van der Waals surface area contributed by atoms with Crippen LogP contribution in [-0.4, -0.2) is 68.5 Å². The molecule has 0 bridgehead atoms. The van der Waals surface area contributed by atoms with Gasteiger partial charge in [0.15, 0.2) is 0 Å². The van der Waals surface area contributed by atoms with Crippen LogP contribution in [0.4, 0.5) is 0 Å². The molecule has 2 amide bonds. The zero-order valence-corrected chi connectivity index (χ0v) is 13.9. The Labute approximate surface area is 137 Å². The number of methoxy groups -OCH3 is 1. The molecule has 23 heavy (non-hydrogen) atoms. The smallest absolute Gasteiger partial charge is 0.232 e. The van der Waals surface area contributed by atoms with Gasteiger partial charge in [0.25, 0.3) is 0 Å². The van der Waals surface area contributed by atoms with Crippen LogP contribution >= 0.6 is 0 Å². The van der Waals surface area contributed by atoms with E-state index in [2.05, 4.69) is 10.2 Å². The number of rotatable bonds is 6. The van der Waals surface area contributed by atoms with Crippen LogP contribution < -0.4 is 10.1 Å². The Morgan fingerprint density at radius 2 is 1.96 bits per heavy atom. The third kappa shape index (κ3) is 5.56. The number of likely N-dealkylation sites (N-methyl/N-ethyl adjacent to an activating group) is 1. The van der Waals surface area contributed by atoms with Gasteiger partial charge in [-0.1, -0.05) is 12.1 Å². The highest BCUT2D eigenvalue weighted by molar-refractivity contribution is 5.96. The predicted octanol–water partition coefficient (Wildman–Crippen LogP) is 0.518. The third-order valence-corrected chi connectivity index (χ3v) is 4.04. The monoisotopic (exact) mass is 319 g/mol. The summed E-state index contributed by atoms with van der Waals surface area (Å²) in [5, 5.41) is 2.81. The number of nitrogens with zero attached hydrogens (tertiary/aromatic N) is 2. The lowest BCUT2D eigenvalue weighted by molar-refractivity contribution is -0.137. The van der Waals surface area contributed by atoms with E-state index in [0.29, 0.717) is 26.1 Å². The summed E-state index contributed by atoms with van der Waals surface area (Å²) in [4.78, 5) is 27.9. The molecule has 1 aromatic rings. The van der Waals surface area contributed by atoms with Crippen molar-refractivity contribution in [3.05, 3.63) is 29.8 Å². The molecule has 0 atom stereocenters. The molecule has 6 nitrogen and oxygen atoms in total. The molecule has 6 heteroatoms. The second kappa shape index (κ2) is 8.53. The molecule has 0 saturated carbocycles. The molecule has 1 fully saturated rings. The summed E-state index contributed by atoms with van der Waals surface area (Å²) in [7, 11) is 3.66. The molecule has 1 N–H and O–H groups in total. The van der Waals surface area contributed by atoms with Gasteiger partial charge in [0.05, 0.1) is 7.11 Å². The van der Waals surface area contributed by atoms with Gasteiger partial charge in [0, 0.05) is 32.7 Å². The fourth-order valence-corrected chi connectivity index (χ4v) is 2.54. The number of hydrogen-bond donors (Lipinski definition) is 1. The average molecular weight is 319 g/mol. The van der Waals surface area contributed by atoms with Gasteiger partial charge in [0.1, 0.15) is 12.2 Å². The van der Waals surface area contributed by atoms with Crippen molar-refractivity contribution in [2.24, 2.45) is 0 Å². The van der Waals surface area contributed by atoms with Crippen molar-refractivity contribution in [3.63, 3.8) is 0 Å². The first-order valence-corrected chi connectivity index (χ1v) is 7.94. The minimum atomic E-state index is -0.211. The number of benzene rings is 1. The van der Waals surface area contributed by atoms with Crippen LogP contribution in [0.3, 0.4) is 0 Å². The van der Waals surface area contributed by atoms with E-state index >= 15 is 0 Å². The van der Waals surface area contributed by atoms with E-state index in [1.807, 2.05) is 31.3 Å². The Morgan fingerprint density at radius 1 is 1.22 bits per heavy atom. The lowest BCUT2D eigenvalue weighted by Crippen LogP contribution is -2.48. The maximum Gasteiger partial charge on any atom is 0.232 e. The third-order valence-electron chi connectivity index (χ3n) is 4.04. The molecule has 1 aliphatic rings. The maximum atomic E-state index is 12.1. The molecule has 1 heterocycles. The normalized spacial score (nSPS) is 15.3. The Morgan fingerprint density at radius 3 is 2.65 bits per heavy atom. The molecule has 2 rings (SSSR count). The molecule has 0 spiro atoms. The van der Waals surface area contributed by atoms with E-state index in [1.165, 1.54) is 0 Å². The second-order valence-corrected chi connectivity index (χ2v) is 5.81. The van der Waals surface area contributed by atoms with Crippen LogP contribution in [0.5, 0.6) is 5.75 Å². The maximum absolute atomic E-state index is 12.1. The van der Waals surface area contributed by atoms with Gasteiger partial charge in [-0.15, -0.1) is 0 Å². The zero-order chi connectivity index (χ0) is 16.7. The van der Waals surface area contributed by atoms with Crippen LogP contribution in [0.2, 0.25) is 0 Å². The molecule has 0 aliphatic carbocycles. The van der Waals surface area contributed by atoms with E-state index in [-0.39, 0.29) is 18.2 Å². The van der Waals surface area contributed by atoms with Crippen molar-refractivity contribution in [2.45, 2.75) is 12.8 Å². The Kier molecular flexibility index (Phi) is 6.40. The van der Waals surface area contributed by atoms with Crippen LogP contribution in [0, 0.1) is 0 Å². The van der Waals surface area contributed by atoms with E-state index in [4.69, 9.17) is 4.74 Å². The minimum Gasteiger partial charge on any atom is -0.497 e. The average Bonchev–Trinajstić information content (AvgIpc) is 2.55. The molecule has 1 saturated heterocycles. The number of carbonyl (C=O) groups is 2. The predicted molar refractivity (Wildman–Crippen MR) is 88.4 cm³/mol. The first kappa shape index (κ1) is 17.3. The molecular formula is C17H25N3O3. The van der Waals surface area contributed by atoms with E-state index < -0.39 is 0 Å². The highest BCUT2D eigenvalue weighted by Crippen LogP contribution is 2.12. The molecular weight excluding hydrogens is 294 g/mol. The van der Waals surface area contributed by atoms with Gasteiger partial charge >= 0.3 is 0 Å². The van der Waals surface area contributed by atoms with Gasteiger partial charge in [-0.05, 0) is 31.2 Å². The lowest BCUT2D eigenvalue weighted by Gasteiger charge is -2.32. The number of hydrogen-bond acceptors (Lipinski definition) is 4. The van der Waals surface area contributed by atoms with E-state index in [0.717, 1.165) is 24.4 Å². The topological polar surface area (TPSA) is 61.9 Å². The molecule has 0 aromatic heterocycles. The summed E-state index contributed by atoms with van der Waals surface area (Å²) in [5.41, 5.74) is 1.09. The first-order valence-electron chi connectivity index (χ1n) is 7.94. The summed E-state index contributed by atoms with van der Waals surface area (Å²) >= 11 is 0. The largest absolute Gasteiger partial charge is 0.497 e.